The summed E-state index contributed by atoms with van der Waals surface area (Å²) in [6.45, 7) is 13.1. The first-order chi connectivity index (χ1) is 17.0. The molecule has 0 radical (unpaired) electrons. The van der Waals surface area contributed by atoms with Gasteiger partial charge in [-0.2, -0.15) is 5.10 Å². The minimum atomic E-state index is -0.677. The van der Waals surface area contributed by atoms with Crippen LogP contribution in [0.1, 0.15) is 64.3 Å². The second-order valence-corrected chi connectivity index (χ2v) is 11.9. The van der Waals surface area contributed by atoms with E-state index in [-0.39, 0.29) is 24.5 Å². The Morgan fingerprint density at radius 2 is 1.92 bits per heavy atom. The molecule has 1 unspecified atom stereocenters. The number of benzene rings is 1. The fourth-order valence-electron chi connectivity index (χ4n) is 6.21. The standard InChI is InChI=1S/C27H36Cl2N6O.ClH/c1-16-15-33(12-10-22(16)34-11-6-7-23(34)27(4,5)36)24-14-30-25-17(2)32-35(26(25)31-24)18(3)20-9-8-19(28)13-21(20)29;/h8-9,13-14,16,18,22-23,36H,6-7,10-12,15H2,1-5H3;1H/t16-,18-,22+,23?;/m1./s1. The number of nitrogens with zero attached hydrogens (tertiary/aromatic N) is 6. The number of rotatable bonds is 5. The minimum Gasteiger partial charge on any atom is -0.389 e. The molecule has 4 atom stereocenters. The number of halogens is 3. The van der Waals surface area contributed by atoms with Gasteiger partial charge in [0.2, 0.25) is 0 Å². The van der Waals surface area contributed by atoms with Crippen LogP contribution in [0.2, 0.25) is 10.0 Å². The van der Waals surface area contributed by atoms with Gasteiger partial charge >= 0.3 is 0 Å². The van der Waals surface area contributed by atoms with Gasteiger partial charge in [0.1, 0.15) is 11.3 Å². The number of aliphatic hydroxyl groups is 1. The first-order valence-electron chi connectivity index (χ1n) is 12.9. The van der Waals surface area contributed by atoms with Gasteiger partial charge in [-0.15, -0.1) is 12.4 Å². The Morgan fingerprint density at radius 1 is 1.16 bits per heavy atom. The van der Waals surface area contributed by atoms with Gasteiger partial charge in [0.15, 0.2) is 5.65 Å². The lowest BCUT2D eigenvalue weighted by Crippen LogP contribution is -2.56. The molecular formula is C27H37Cl3N6O. The highest BCUT2D eigenvalue weighted by molar-refractivity contribution is 6.35. The highest BCUT2D eigenvalue weighted by atomic mass is 35.5. The largest absolute Gasteiger partial charge is 0.389 e. The molecule has 3 aromatic rings. The van der Waals surface area contributed by atoms with E-state index < -0.39 is 5.60 Å². The summed E-state index contributed by atoms with van der Waals surface area (Å²) in [5, 5.41) is 16.7. The van der Waals surface area contributed by atoms with Crippen LogP contribution >= 0.6 is 35.6 Å². The summed E-state index contributed by atoms with van der Waals surface area (Å²) < 4.78 is 1.92. The number of aromatic nitrogens is 4. The van der Waals surface area contributed by atoms with Crippen molar-refractivity contribution in [2.45, 2.75) is 77.6 Å². The number of piperidine rings is 1. The topological polar surface area (TPSA) is 70.3 Å². The van der Waals surface area contributed by atoms with E-state index in [1.807, 2.05) is 43.8 Å². The van der Waals surface area contributed by atoms with Gasteiger partial charge in [-0.1, -0.05) is 36.2 Å². The molecule has 0 amide bonds. The predicted molar refractivity (Wildman–Crippen MR) is 153 cm³/mol. The number of fused-ring (bicyclic) bond motifs is 1. The number of anilines is 1. The molecule has 2 saturated heterocycles. The van der Waals surface area contributed by atoms with E-state index in [4.69, 9.17) is 38.3 Å². The Bertz CT molecular complexity index is 1260. The van der Waals surface area contributed by atoms with E-state index in [9.17, 15) is 5.11 Å². The van der Waals surface area contributed by atoms with Gasteiger partial charge in [0.05, 0.1) is 23.5 Å². The van der Waals surface area contributed by atoms with Crippen LogP contribution in [0.5, 0.6) is 0 Å². The SMILES string of the molecule is Cc1nn([C@H](C)c2ccc(Cl)cc2Cl)c2nc(N3CC[C@H](N4CCCC4C(C)(C)O)[C@H](C)C3)cnc12.Cl. The van der Waals surface area contributed by atoms with Crippen molar-refractivity contribution in [1.29, 1.82) is 0 Å². The molecule has 0 aliphatic carbocycles. The molecule has 37 heavy (non-hydrogen) atoms. The fourth-order valence-corrected chi connectivity index (χ4v) is 6.78. The van der Waals surface area contributed by atoms with Crippen LogP contribution in [-0.4, -0.2) is 67.1 Å². The Morgan fingerprint density at radius 3 is 2.59 bits per heavy atom. The van der Waals surface area contributed by atoms with Crippen LogP contribution in [0, 0.1) is 12.8 Å². The number of aryl methyl sites for hydroxylation is 1. The van der Waals surface area contributed by atoms with Crippen molar-refractivity contribution in [2.75, 3.05) is 24.5 Å². The Kier molecular flexibility index (Phi) is 8.32. The third-order valence-corrected chi connectivity index (χ3v) is 8.62. The molecule has 2 aromatic heterocycles. The van der Waals surface area contributed by atoms with Crippen molar-refractivity contribution in [3.63, 3.8) is 0 Å². The van der Waals surface area contributed by atoms with Crippen LogP contribution in [-0.2, 0) is 0 Å². The van der Waals surface area contributed by atoms with Crippen LogP contribution in [0.3, 0.4) is 0 Å². The van der Waals surface area contributed by atoms with Gasteiger partial charge in [0.25, 0.3) is 0 Å². The van der Waals surface area contributed by atoms with E-state index in [0.717, 1.165) is 67.1 Å². The van der Waals surface area contributed by atoms with E-state index >= 15 is 0 Å². The van der Waals surface area contributed by atoms with Gasteiger partial charge in [-0.25, -0.2) is 14.6 Å². The fraction of sp³-hybridized carbons (Fsp3) is 0.593. The molecule has 0 saturated carbocycles. The smallest absolute Gasteiger partial charge is 0.179 e. The first-order valence-corrected chi connectivity index (χ1v) is 13.7. The quantitative estimate of drug-likeness (QED) is 0.413. The van der Waals surface area contributed by atoms with Crippen molar-refractivity contribution in [3.05, 3.63) is 45.7 Å². The molecule has 1 aromatic carbocycles. The molecule has 10 heteroatoms. The average molecular weight is 568 g/mol. The van der Waals surface area contributed by atoms with Crippen molar-refractivity contribution in [3.8, 4) is 0 Å². The lowest BCUT2D eigenvalue weighted by molar-refractivity contribution is -0.0284. The summed E-state index contributed by atoms with van der Waals surface area (Å²) >= 11 is 12.6. The second-order valence-electron chi connectivity index (χ2n) is 11.1. The predicted octanol–water partition coefficient (Wildman–Crippen LogP) is 5.92. The summed E-state index contributed by atoms with van der Waals surface area (Å²) in [7, 11) is 0. The van der Waals surface area contributed by atoms with Crippen LogP contribution in [0.25, 0.3) is 11.2 Å². The molecule has 5 rings (SSSR count). The molecule has 4 heterocycles. The molecule has 2 aliphatic rings. The normalized spacial score (nSPS) is 23.9. The van der Waals surface area contributed by atoms with Gasteiger partial charge in [-0.3, -0.25) is 4.90 Å². The molecule has 0 spiro atoms. The molecule has 0 bridgehead atoms. The minimum absolute atomic E-state index is 0. The van der Waals surface area contributed by atoms with Crippen molar-refractivity contribution in [1.82, 2.24) is 24.6 Å². The second kappa shape index (κ2) is 10.9. The van der Waals surface area contributed by atoms with Gasteiger partial charge in [-0.05, 0) is 77.1 Å². The number of likely N-dealkylation sites (tertiary alicyclic amines) is 1. The zero-order chi connectivity index (χ0) is 25.8. The molecular weight excluding hydrogens is 531 g/mol. The summed E-state index contributed by atoms with van der Waals surface area (Å²) in [5.74, 6) is 1.33. The maximum absolute atomic E-state index is 10.7. The van der Waals surface area contributed by atoms with E-state index in [0.29, 0.717) is 22.0 Å². The van der Waals surface area contributed by atoms with E-state index in [1.54, 1.807) is 6.07 Å². The van der Waals surface area contributed by atoms with Crippen molar-refractivity contribution < 1.29 is 5.11 Å². The number of hydrogen-bond acceptors (Lipinski definition) is 6. The Balaban J connectivity index is 0.00000320. The van der Waals surface area contributed by atoms with Crippen LogP contribution in [0.4, 0.5) is 5.82 Å². The Labute approximate surface area is 235 Å². The van der Waals surface area contributed by atoms with Crippen LogP contribution in [0.15, 0.2) is 24.4 Å². The summed E-state index contributed by atoms with van der Waals surface area (Å²) in [4.78, 5) is 14.7. The lowest BCUT2D eigenvalue weighted by atomic mass is 9.89. The molecule has 202 valence electrons. The maximum atomic E-state index is 10.7. The highest BCUT2D eigenvalue weighted by Gasteiger charge is 2.42. The monoisotopic (exact) mass is 566 g/mol. The van der Waals surface area contributed by atoms with Gasteiger partial charge in [0, 0.05) is 35.2 Å². The summed E-state index contributed by atoms with van der Waals surface area (Å²) in [5.41, 5.74) is 2.69. The van der Waals surface area contributed by atoms with Crippen molar-refractivity contribution in [2.24, 2.45) is 5.92 Å². The molecule has 1 N–H and O–H groups in total. The molecule has 7 nitrogen and oxygen atoms in total. The van der Waals surface area contributed by atoms with E-state index in [1.165, 1.54) is 0 Å². The molecule has 2 fully saturated rings. The summed E-state index contributed by atoms with van der Waals surface area (Å²) in [6, 6.07) is 6.14. The number of hydrogen-bond donors (Lipinski definition) is 1. The lowest BCUT2D eigenvalue weighted by Gasteiger charge is -2.46. The third kappa shape index (κ3) is 5.44. The van der Waals surface area contributed by atoms with Crippen LogP contribution < -0.4 is 4.90 Å². The van der Waals surface area contributed by atoms with E-state index in [2.05, 4.69) is 23.6 Å². The van der Waals surface area contributed by atoms with Crippen molar-refractivity contribution >= 4 is 52.6 Å². The highest BCUT2D eigenvalue weighted by Crippen LogP contribution is 2.35. The average Bonchev–Trinajstić information content (AvgIpc) is 3.43. The summed E-state index contributed by atoms with van der Waals surface area (Å²) in [6.07, 6.45) is 5.15. The van der Waals surface area contributed by atoms with Gasteiger partial charge < -0.3 is 10.0 Å². The maximum Gasteiger partial charge on any atom is 0.179 e. The zero-order valence-electron chi connectivity index (χ0n) is 22.2. The zero-order valence-corrected chi connectivity index (χ0v) is 24.5. The third-order valence-electron chi connectivity index (χ3n) is 8.06. The first kappa shape index (κ1) is 28.4. The Hall–Kier alpha value is -1.64. The molecule has 2 aliphatic heterocycles.